The second-order valence-corrected chi connectivity index (χ2v) is 5.22. The highest BCUT2D eigenvalue weighted by atomic mass is 16.2. The summed E-state index contributed by atoms with van der Waals surface area (Å²) in [6, 6.07) is 17.2. The van der Waals surface area contributed by atoms with Crippen LogP contribution in [0.2, 0.25) is 0 Å². The highest BCUT2D eigenvalue weighted by Crippen LogP contribution is 2.09. The van der Waals surface area contributed by atoms with E-state index >= 15 is 0 Å². The number of para-hydroxylation sites is 1. The van der Waals surface area contributed by atoms with Crippen LogP contribution >= 0.6 is 0 Å². The monoisotopic (exact) mass is 349 g/mol. The number of carbonyl (C=O) groups is 3. The highest BCUT2D eigenvalue weighted by Gasteiger charge is 2.21. The lowest BCUT2D eigenvalue weighted by Crippen LogP contribution is -2.42. The van der Waals surface area contributed by atoms with Crippen molar-refractivity contribution in [1.29, 1.82) is 0 Å². The average Bonchev–Trinajstić information content (AvgIpc) is 3.17. The van der Waals surface area contributed by atoms with Gasteiger partial charge in [-0.3, -0.25) is 25.2 Å². The molecule has 26 heavy (non-hydrogen) atoms. The van der Waals surface area contributed by atoms with Gasteiger partial charge >= 0.3 is 0 Å². The van der Waals surface area contributed by atoms with E-state index in [0.717, 1.165) is 0 Å². The van der Waals surface area contributed by atoms with Gasteiger partial charge in [-0.1, -0.05) is 36.4 Å². The molecule has 0 aliphatic carbocycles. The Hall–Kier alpha value is -3.94. The minimum absolute atomic E-state index is 0.0136. The van der Waals surface area contributed by atoms with Gasteiger partial charge in [0.2, 0.25) is 0 Å². The van der Waals surface area contributed by atoms with Crippen LogP contribution in [0.3, 0.4) is 0 Å². The Kier molecular flexibility index (Phi) is 5.04. The molecule has 0 saturated heterocycles. The number of rotatable bonds is 4. The average molecular weight is 349 g/mol. The standard InChI is InChI=1S/C18H15N5O3/c24-16(12-7-3-1-4-8-12)22-23-18(26)15-14(19-11-20-15)17(25)21-13-9-5-2-6-10-13/h1-11H,(H,19,20)(H,21,25)(H,22,24)(H,23,26). The quantitative estimate of drug-likeness (QED) is 0.537. The topological polar surface area (TPSA) is 116 Å². The molecule has 8 heteroatoms. The Labute approximate surface area is 148 Å². The van der Waals surface area contributed by atoms with E-state index in [9.17, 15) is 14.4 Å². The van der Waals surface area contributed by atoms with Crippen LogP contribution < -0.4 is 16.2 Å². The third-order valence-corrected chi connectivity index (χ3v) is 3.44. The first kappa shape index (κ1) is 16.9. The highest BCUT2D eigenvalue weighted by molar-refractivity contribution is 6.10. The summed E-state index contributed by atoms with van der Waals surface area (Å²) in [7, 11) is 0. The molecule has 3 aromatic rings. The third kappa shape index (κ3) is 3.93. The lowest BCUT2D eigenvalue weighted by molar-refractivity contribution is 0.0842. The molecule has 0 saturated carbocycles. The maximum absolute atomic E-state index is 12.3. The summed E-state index contributed by atoms with van der Waals surface area (Å²) in [6.07, 6.45) is 1.23. The molecular formula is C18H15N5O3. The molecular weight excluding hydrogens is 334 g/mol. The second-order valence-electron chi connectivity index (χ2n) is 5.22. The number of H-pyrrole nitrogens is 1. The molecule has 8 nitrogen and oxygen atoms in total. The second kappa shape index (κ2) is 7.75. The Morgan fingerprint density at radius 2 is 1.38 bits per heavy atom. The number of aromatic amines is 1. The largest absolute Gasteiger partial charge is 0.340 e. The maximum Gasteiger partial charge on any atom is 0.290 e. The normalized spacial score (nSPS) is 10.0. The van der Waals surface area contributed by atoms with Gasteiger partial charge in [-0.2, -0.15) is 0 Å². The Morgan fingerprint density at radius 1 is 0.769 bits per heavy atom. The van der Waals surface area contributed by atoms with Gasteiger partial charge in [0.15, 0.2) is 5.69 Å². The number of aromatic nitrogens is 2. The smallest absolute Gasteiger partial charge is 0.290 e. The first-order valence-corrected chi connectivity index (χ1v) is 7.70. The zero-order valence-corrected chi connectivity index (χ0v) is 13.5. The van der Waals surface area contributed by atoms with Gasteiger partial charge in [-0.25, -0.2) is 4.98 Å². The van der Waals surface area contributed by atoms with Crippen molar-refractivity contribution in [2.24, 2.45) is 0 Å². The van der Waals surface area contributed by atoms with E-state index in [1.165, 1.54) is 6.33 Å². The molecule has 0 atom stereocenters. The summed E-state index contributed by atoms with van der Waals surface area (Å²) in [5.74, 6) is -1.72. The molecule has 0 aliphatic rings. The van der Waals surface area contributed by atoms with Gasteiger partial charge in [-0.15, -0.1) is 0 Å². The fraction of sp³-hybridized carbons (Fsp3) is 0. The fourth-order valence-corrected chi connectivity index (χ4v) is 2.19. The molecule has 2 aromatic carbocycles. The van der Waals surface area contributed by atoms with E-state index in [4.69, 9.17) is 0 Å². The van der Waals surface area contributed by atoms with Crippen molar-refractivity contribution >= 4 is 23.4 Å². The van der Waals surface area contributed by atoms with Gasteiger partial charge in [0.05, 0.1) is 6.33 Å². The molecule has 0 aliphatic heterocycles. The summed E-state index contributed by atoms with van der Waals surface area (Å²) in [6.45, 7) is 0. The van der Waals surface area contributed by atoms with E-state index in [0.29, 0.717) is 11.3 Å². The number of hydrogen-bond acceptors (Lipinski definition) is 4. The van der Waals surface area contributed by atoms with E-state index in [-0.39, 0.29) is 11.4 Å². The third-order valence-electron chi connectivity index (χ3n) is 3.44. The predicted octanol–water partition coefficient (Wildman–Crippen LogP) is 1.74. The van der Waals surface area contributed by atoms with Crippen LogP contribution in [0, 0.1) is 0 Å². The van der Waals surface area contributed by atoms with Crippen molar-refractivity contribution in [3.63, 3.8) is 0 Å². The number of hydrazine groups is 1. The lowest BCUT2D eigenvalue weighted by Gasteiger charge is -2.08. The zero-order chi connectivity index (χ0) is 18.4. The summed E-state index contributed by atoms with van der Waals surface area (Å²) < 4.78 is 0. The number of nitrogens with one attached hydrogen (secondary N) is 4. The molecule has 3 rings (SSSR count). The summed E-state index contributed by atoms with van der Waals surface area (Å²) >= 11 is 0. The number of carbonyl (C=O) groups excluding carboxylic acids is 3. The van der Waals surface area contributed by atoms with Gasteiger partial charge < -0.3 is 10.3 Å². The van der Waals surface area contributed by atoms with Crippen molar-refractivity contribution in [2.75, 3.05) is 5.32 Å². The summed E-state index contributed by atoms with van der Waals surface area (Å²) in [5.41, 5.74) is 5.34. The molecule has 1 heterocycles. The molecule has 4 N–H and O–H groups in total. The number of benzene rings is 2. The molecule has 0 fully saturated rings. The van der Waals surface area contributed by atoms with Crippen LogP contribution in [0.4, 0.5) is 5.69 Å². The fourth-order valence-electron chi connectivity index (χ4n) is 2.19. The SMILES string of the molecule is O=C(NNC(=O)c1nc[nH]c1C(=O)Nc1ccccc1)c1ccccc1. The number of nitrogens with zero attached hydrogens (tertiary/aromatic N) is 1. The Morgan fingerprint density at radius 3 is 2.08 bits per heavy atom. The van der Waals surface area contributed by atoms with Gasteiger partial charge in [0.25, 0.3) is 17.7 Å². The van der Waals surface area contributed by atoms with Crippen molar-refractivity contribution in [1.82, 2.24) is 20.8 Å². The molecule has 0 unspecified atom stereocenters. The van der Waals surface area contributed by atoms with Gasteiger partial charge in [-0.05, 0) is 24.3 Å². The van der Waals surface area contributed by atoms with E-state index in [1.807, 2.05) is 6.07 Å². The first-order chi connectivity index (χ1) is 12.6. The maximum atomic E-state index is 12.3. The van der Waals surface area contributed by atoms with Crippen LogP contribution in [0.1, 0.15) is 31.3 Å². The van der Waals surface area contributed by atoms with Gasteiger partial charge in [0, 0.05) is 11.3 Å². The lowest BCUT2D eigenvalue weighted by atomic mass is 10.2. The van der Waals surface area contributed by atoms with Gasteiger partial charge in [0.1, 0.15) is 5.69 Å². The summed E-state index contributed by atoms with van der Waals surface area (Å²) in [5, 5.41) is 2.65. The van der Waals surface area contributed by atoms with E-state index < -0.39 is 17.7 Å². The van der Waals surface area contributed by atoms with Crippen LogP contribution in [0.5, 0.6) is 0 Å². The minimum Gasteiger partial charge on any atom is -0.340 e. The first-order valence-electron chi connectivity index (χ1n) is 7.70. The van der Waals surface area contributed by atoms with E-state index in [1.54, 1.807) is 54.6 Å². The molecule has 0 bridgehead atoms. The van der Waals surface area contributed by atoms with Crippen molar-refractivity contribution in [2.45, 2.75) is 0 Å². The summed E-state index contributed by atoms with van der Waals surface area (Å²) in [4.78, 5) is 43.0. The van der Waals surface area contributed by atoms with E-state index in [2.05, 4.69) is 26.1 Å². The number of imidazole rings is 1. The van der Waals surface area contributed by atoms with Crippen LogP contribution in [-0.4, -0.2) is 27.7 Å². The molecule has 130 valence electrons. The predicted molar refractivity (Wildman–Crippen MR) is 94.4 cm³/mol. The molecule has 1 aromatic heterocycles. The Bertz CT molecular complexity index is 922. The molecule has 0 spiro atoms. The number of hydrogen-bond donors (Lipinski definition) is 4. The molecule has 3 amide bonds. The van der Waals surface area contributed by atoms with Crippen molar-refractivity contribution in [3.05, 3.63) is 83.9 Å². The van der Waals surface area contributed by atoms with Crippen molar-refractivity contribution in [3.8, 4) is 0 Å². The molecule has 0 radical (unpaired) electrons. The van der Waals surface area contributed by atoms with Crippen molar-refractivity contribution < 1.29 is 14.4 Å². The number of amides is 3. The van der Waals surface area contributed by atoms with Crippen LogP contribution in [0.25, 0.3) is 0 Å². The Balaban J connectivity index is 1.65. The number of anilines is 1. The van der Waals surface area contributed by atoms with Crippen LogP contribution in [-0.2, 0) is 0 Å². The minimum atomic E-state index is -0.714. The van der Waals surface area contributed by atoms with Crippen LogP contribution in [0.15, 0.2) is 67.0 Å². The zero-order valence-electron chi connectivity index (χ0n) is 13.5.